The number of amidine groups is 1. The van der Waals surface area contributed by atoms with E-state index in [0.717, 1.165) is 17.5 Å². The van der Waals surface area contributed by atoms with Crippen LogP contribution in [0.15, 0.2) is 16.4 Å². The molecule has 14 heavy (non-hydrogen) atoms. The number of nitrogens with zero attached hydrogens (tertiary/aromatic N) is 1. The summed E-state index contributed by atoms with van der Waals surface area (Å²) in [7, 11) is 0. The quantitative estimate of drug-likeness (QED) is 0.838. The molecule has 1 saturated heterocycles. The van der Waals surface area contributed by atoms with E-state index in [-0.39, 0.29) is 0 Å². The molecular weight excluding hydrogens is 212 g/mol. The number of aliphatic imine (C=N–C) groups is 1. The minimum absolute atomic E-state index is 0.572. The van der Waals surface area contributed by atoms with Crippen molar-refractivity contribution in [1.82, 2.24) is 5.32 Å². The van der Waals surface area contributed by atoms with Crippen LogP contribution in [-0.4, -0.2) is 17.0 Å². The smallest absolute Gasteiger partial charge is 0.157 e. The Hall–Kier alpha value is -0.480. The minimum atomic E-state index is 0.572. The summed E-state index contributed by atoms with van der Waals surface area (Å²) in [6.45, 7) is 5.15. The second-order valence-electron chi connectivity index (χ2n) is 3.50. The third-order valence-electron chi connectivity index (χ3n) is 2.17. The summed E-state index contributed by atoms with van der Waals surface area (Å²) in [5.41, 5.74) is 1.36. The van der Waals surface area contributed by atoms with E-state index in [2.05, 4.69) is 35.6 Å². The van der Waals surface area contributed by atoms with Gasteiger partial charge < -0.3 is 5.32 Å². The maximum Gasteiger partial charge on any atom is 0.157 e. The molecule has 2 rings (SSSR count). The van der Waals surface area contributed by atoms with Crippen molar-refractivity contribution in [2.75, 3.05) is 5.75 Å². The second-order valence-corrected chi connectivity index (χ2v) is 5.51. The van der Waals surface area contributed by atoms with Gasteiger partial charge in [-0.2, -0.15) is 0 Å². The Labute approximate surface area is 92.8 Å². The van der Waals surface area contributed by atoms with Gasteiger partial charge in [0.1, 0.15) is 0 Å². The van der Waals surface area contributed by atoms with E-state index >= 15 is 0 Å². The van der Waals surface area contributed by atoms with Gasteiger partial charge in [-0.3, -0.25) is 4.99 Å². The summed E-state index contributed by atoms with van der Waals surface area (Å²) in [5, 5.41) is 6.58. The van der Waals surface area contributed by atoms with Crippen molar-refractivity contribution in [2.24, 2.45) is 4.99 Å². The van der Waals surface area contributed by atoms with Gasteiger partial charge in [0, 0.05) is 16.7 Å². The summed E-state index contributed by atoms with van der Waals surface area (Å²) >= 11 is 3.61. The molecule has 1 aromatic rings. The maximum absolute atomic E-state index is 4.56. The molecule has 0 spiro atoms. The number of aryl methyl sites for hydroxylation is 1. The summed E-state index contributed by atoms with van der Waals surface area (Å²) in [6.07, 6.45) is 0. The monoisotopic (exact) mass is 226 g/mol. The minimum Gasteiger partial charge on any atom is -0.362 e. The van der Waals surface area contributed by atoms with Crippen LogP contribution in [0.1, 0.15) is 17.4 Å². The van der Waals surface area contributed by atoms with Crippen LogP contribution in [0, 0.1) is 6.92 Å². The number of thiophene rings is 1. The van der Waals surface area contributed by atoms with Crippen LogP contribution < -0.4 is 5.32 Å². The zero-order chi connectivity index (χ0) is 9.97. The zero-order valence-electron chi connectivity index (χ0n) is 8.41. The molecule has 2 nitrogen and oxygen atoms in total. The summed E-state index contributed by atoms with van der Waals surface area (Å²) in [5.74, 6) is 1.14. The first-order valence-electron chi connectivity index (χ1n) is 4.72. The van der Waals surface area contributed by atoms with Crippen LogP contribution in [0.2, 0.25) is 0 Å². The van der Waals surface area contributed by atoms with Gasteiger partial charge in [0.15, 0.2) is 5.17 Å². The second kappa shape index (κ2) is 4.36. The number of hydrogen-bond acceptors (Lipinski definition) is 3. The van der Waals surface area contributed by atoms with Crippen molar-refractivity contribution in [1.29, 1.82) is 0 Å². The average Bonchev–Trinajstić information content (AvgIpc) is 2.72. The predicted molar refractivity (Wildman–Crippen MR) is 65.3 cm³/mol. The molecule has 2 heterocycles. The molecule has 1 aromatic heterocycles. The fourth-order valence-electron chi connectivity index (χ4n) is 1.30. The molecule has 0 aliphatic carbocycles. The molecule has 4 heteroatoms. The number of nitrogens with one attached hydrogen (secondary N) is 1. The van der Waals surface area contributed by atoms with Crippen molar-refractivity contribution >= 4 is 28.3 Å². The summed E-state index contributed by atoms with van der Waals surface area (Å²) < 4.78 is 0. The lowest BCUT2D eigenvalue weighted by Gasteiger charge is -2.00. The van der Waals surface area contributed by atoms with Crippen molar-refractivity contribution in [3.63, 3.8) is 0 Å². The summed E-state index contributed by atoms with van der Waals surface area (Å²) in [6, 6.07) is 2.72. The molecule has 1 unspecified atom stereocenters. The predicted octanol–water partition coefficient (Wildman–Crippen LogP) is 2.64. The fourth-order valence-corrected chi connectivity index (χ4v) is 3.06. The van der Waals surface area contributed by atoms with E-state index in [0.29, 0.717) is 6.04 Å². The Kier molecular flexibility index (Phi) is 3.13. The van der Waals surface area contributed by atoms with E-state index in [1.165, 1.54) is 10.4 Å². The zero-order valence-corrected chi connectivity index (χ0v) is 10.0. The Bertz CT molecular complexity index is 344. The van der Waals surface area contributed by atoms with Crippen LogP contribution >= 0.6 is 23.1 Å². The van der Waals surface area contributed by atoms with Gasteiger partial charge >= 0.3 is 0 Å². The SMILES string of the molecule is Cc1ccsc1CN=C1NC(C)CS1. The molecule has 1 aliphatic rings. The Morgan fingerprint density at radius 1 is 1.64 bits per heavy atom. The van der Waals surface area contributed by atoms with Gasteiger partial charge in [0.2, 0.25) is 0 Å². The Balaban J connectivity index is 1.97. The average molecular weight is 226 g/mol. The molecular formula is C10H14N2S2. The van der Waals surface area contributed by atoms with E-state index in [9.17, 15) is 0 Å². The molecule has 0 radical (unpaired) electrons. The van der Waals surface area contributed by atoms with E-state index < -0.39 is 0 Å². The highest BCUT2D eigenvalue weighted by atomic mass is 32.2. The van der Waals surface area contributed by atoms with Crippen LogP contribution in [0.4, 0.5) is 0 Å². The Morgan fingerprint density at radius 2 is 2.50 bits per heavy atom. The van der Waals surface area contributed by atoms with Crippen molar-refractivity contribution in [3.8, 4) is 0 Å². The lowest BCUT2D eigenvalue weighted by atomic mass is 10.3. The molecule has 0 aromatic carbocycles. The highest BCUT2D eigenvalue weighted by Gasteiger charge is 2.14. The fraction of sp³-hybridized carbons (Fsp3) is 0.500. The number of rotatable bonds is 2. The number of hydrogen-bond donors (Lipinski definition) is 1. The van der Waals surface area contributed by atoms with Crippen LogP contribution in [0.3, 0.4) is 0 Å². The van der Waals surface area contributed by atoms with Crippen LogP contribution in [0.25, 0.3) is 0 Å². The normalized spacial score (nSPS) is 24.1. The van der Waals surface area contributed by atoms with Crippen molar-refractivity contribution in [2.45, 2.75) is 26.4 Å². The summed E-state index contributed by atoms with van der Waals surface area (Å²) in [4.78, 5) is 5.93. The van der Waals surface area contributed by atoms with Crippen LogP contribution in [-0.2, 0) is 6.54 Å². The highest BCUT2D eigenvalue weighted by Crippen LogP contribution is 2.18. The molecule has 0 saturated carbocycles. The maximum atomic E-state index is 4.56. The first-order valence-corrected chi connectivity index (χ1v) is 6.59. The highest BCUT2D eigenvalue weighted by molar-refractivity contribution is 8.14. The van der Waals surface area contributed by atoms with Crippen molar-refractivity contribution in [3.05, 3.63) is 21.9 Å². The standard InChI is InChI=1S/C10H14N2S2/c1-7-3-4-13-9(7)5-11-10-12-8(2)6-14-10/h3-4,8H,5-6H2,1-2H3,(H,11,12). The van der Waals surface area contributed by atoms with E-state index in [1.807, 2.05) is 11.8 Å². The number of thioether (sulfide) groups is 1. The van der Waals surface area contributed by atoms with Gasteiger partial charge in [-0.15, -0.1) is 11.3 Å². The topological polar surface area (TPSA) is 24.4 Å². The van der Waals surface area contributed by atoms with Gasteiger partial charge in [-0.05, 0) is 30.9 Å². The first-order chi connectivity index (χ1) is 6.75. The molecule has 0 bridgehead atoms. The lowest BCUT2D eigenvalue weighted by molar-refractivity contribution is 0.764. The molecule has 1 atom stereocenters. The third-order valence-corrected chi connectivity index (χ3v) is 4.37. The first kappa shape index (κ1) is 10.1. The van der Waals surface area contributed by atoms with E-state index in [1.54, 1.807) is 11.3 Å². The largest absolute Gasteiger partial charge is 0.362 e. The molecule has 1 fully saturated rings. The molecule has 0 amide bonds. The third kappa shape index (κ3) is 2.30. The molecule has 76 valence electrons. The molecule has 1 aliphatic heterocycles. The van der Waals surface area contributed by atoms with Gasteiger partial charge in [-0.25, -0.2) is 0 Å². The molecule has 1 N–H and O–H groups in total. The van der Waals surface area contributed by atoms with Crippen LogP contribution in [0.5, 0.6) is 0 Å². The Morgan fingerprint density at radius 3 is 3.07 bits per heavy atom. The van der Waals surface area contributed by atoms with Gasteiger partial charge in [-0.1, -0.05) is 11.8 Å². The van der Waals surface area contributed by atoms with Crippen molar-refractivity contribution < 1.29 is 0 Å². The van der Waals surface area contributed by atoms with Gasteiger partial charge in [0.05, 0.1) is 6.54 Å². The van der Waals surface area contributed by atoms with Gasteiger partial charge in [0.25, 0.3) is 0 Å². The van der Waals surface area contributed by atoms with E-state index in [4.69, 9.17) is 0 Å². The lowest BCUT2D eigenvalue weighted by Crippen LogP contribution is -2.23.